The second-order valence-electron chi connectivity index (χ2n) is 4.82. The van der Waals surface area contributed by atoms with Crippen molar-refractivity contribution in [2.24, 2.45) is 0 Å². The highest BCUT2D eigenvalue weighted by Crippen LogP contribution is 2.12. The molecule has 5 nitrogen and oxygen atoms in total. The minimum Gasteiger partial charge on any atom is -0.341 e. The Morgan fingerprint density at radius 1 is 1.44 bits per heavy atom. The van der Waals surface area contributed by atoms with Crippen molar-refractivity contribution in [1.29, 1.82) is 0 Å². The molecule has 100 valence electrons. The first kappa shape index (κ1) is 13.1. The number of unbranched alkanes of at least 4 members (excludes halogenated alkanes) is 1. The van der Waals surface area contributed by atoms with Gasteiger partial charge in [-0.15, -0.1) is 0 Å². The van der Waals surface area contributed by atoms with Gasteiger partial charge in [0.15, 0.2) is 0 Å². The first-order chi connectivity index (χ1) is 8.81. The number of hydrogen-bond acceptors (Lipinski definition) is 3. The minimum atomic E-state index is 0.0346. The number of nitrogens with zero attached hydrogens (tertiary/aromatic N) is 3. The average molecular weight is 250 g/mol. The summed E-state index contributed by atoms with van der Waals surface area (Å²) in [5.41, 5.74) is 0. The molecule has 1 aromatic heterocycles. The van der Waals surface area contributed by atoms with Crippen LogP contribution in [0.25, 0.3) is 0 Å². The van der Waals surface area contributed by atoms with Gasteiger partial charge >= 0.3 is 0 Å². The molecule has 1 N–H and O–H groups in total. The van der Waals surface area contributed by atoms with Gasteiger partial charge in [0.05, 0.1) is 12.4 Å². The molecular weight excluding hydrogens is 228 g/mol. The second kappa shape index (κ2) is 6.54. The maximum atomic E-state index is 12.0. The lowest BCUT2D eigenvalue weighted by Crippen LogP contribution is -2.49. The summed E-state index contributed by atoms with van der Waals surface area (Å²) in [4.78, 5) is 18.0. The van der Waals surface area contributed by atoms with Gasteiger partial charge in [0.2, 0.25) is 5.91 Å². The number of carbonyl (C=O) groups excluding carboxylic acids is 1. The molecule has 1 aromatic rings. The van der Waals surface area contributed by atoms with Gasteiger partial charge in [-0.05, 0) is 32.7 Å². The molecule has 0 aromatic carbocycles. The summed E-state index contributed by atoms with van der Waals surface area (Å²) < 4.78 is 2.08. The van der Waals surface area contributed by atoms with Crippen LogP contribution in [0, 0.1) is 0 Å². The predicted octanol–water partition coefficient (Wildman–Crippen LogP) is 0.874. The third-order valence-electron chi connectivity index (χ3n) is 3.53. The zero-order valence-corrected chi connectivity index (χ0v) is 11.0. The zero-order valence-electron chi connectivity index (χ0n) is 11.0. The van der Waals surface area contributed by atoms with E-state index in [1.807, 2.05) is 24.5 Å². The normalized spacial score (nSPS) is 20.4. The summed E-state index contributed by atoms with van der Waals surface area (Å²) in [5, 5.41) is 3.09. The number of likely N-dealkylation sites (N-methyl/N-ethyl adjacent to an activating group) is 1. The van der Waals surface area contributed by atoms with Crippen LogP contribution < -0.4 is 5.32 Å². The summed E-state index contributed by atoms with van der Waals surface area (Å²) in [6.45, 7) is 2.78. The van der Waals surface area contributed by atoms with Gasteiger partial charge in [-0.1, -0.05) is 0 Å². The third kappa shape index (κ3) is 3.32. The number of aromatic nitrogens is 2. The highest BCUT2D eigenvalue weighted by Gasteiger charge is 2.26. The van der Waals surface area contributed by atoms with E-state index in [-0.39, 0.29) is 11.9 Å². The largest absolute Gasteiger partial charge is 0.341 e. The lowest BCUT2D eigenvalue weighted by atomic mass is 10.0. The number of nitrogens with one attached hydrogen (secondary N) is 1. The fourth-order valence-electron chi connectivity index (χ4n) is 2.45. The van der Waals surface area contributed by atoms with Crippen molar-refractivity contribution in [3.05, 3.63) is 18.7 Å². The van der Waals surface area contributed by atoms with E-state index in [4.69, 9.17) is 0 Å². The number of rotatable bonds is 6. The number of imidazole rings is 1. The van der Waals surface area contributed by atoms with Gasteiger partial charge in [-0.3, -0.25) is 4.79 Å². The van der Waals surface area contributed by atoms with E-state index in [0.29, 0.717) is 0 Å². The first-order valence-electron chi connectivity index (χ1n) is 6.73. The van der Waals surface area contributed by atoms with E-state index in [1.54, 1.807) is 6.20 Å². The number of likely N-dealkylation sites (tertiary alicyclic amines) is 1. The quantitative estimate of drug-likeness (QED) is 0.762. The lowest BCUT2D eigenvalue weighted by molar-refractivity contribution is -0.135. The van der Waals surface area contributed by atoms with Gasteiger partial charge in [0, 0.05) is 32.0 Å². The van der Waals surface area contributed by atoms with Gasteiger partial charge in [0.25, 0.3) is 0 Å². The molecule has 0 saturated carbocycles. The number of carbonyl (C=O) groups is 1. The fourth-order valence-corrected chi connectivity index (χ4v) is 2.45. The van der Waals surface area contributed by atoms with E-state index >= 15 is 0 Å². The van der Waals surface area contributed by atoms with Crippen molar-refractivity contribution in [3.8, 4) is 0 Å². The molecule has 1 saturated heterocycles. The molecule has 0 aliphatic carbocycles. The maximum Gasteiger partial charge on any atom is 0.239 e. The Morgan fingerprint density at radius 2 is 2.28 bits per heavy atom. The molecule has 1 fully saturated rings. The van der Waals surface area contributed by atoms with E-state index in [1.165, 1.54) is 0 Å². The first-order valence-corrected chi connectivity index (χ1v) is 6.73. The second-order valence-corrected chi connectivity index (χ2v) is 4.82. The molecule has 0 radical (unpaired) electrons. The van der Waals surface area contributed by atoms with Crippen LogP contribution in [0.4, 0.5) is 0 Å². The number of hydrogen-bond donors (Lipinski definition) is 1. The van der Waals surface area contributed by atoms with Crippen molar-refractivity contribution in [3.63, 3.8) is 0 Å². The summed E-state index contributed by atoms with van der Waals surface area (Å²) in [6.07, 6.45) is 9.84. The molecule has 1 aliphatic rings. The van der Waals surface area contributed by atoms with Crippen molar-refractivity contribution in [2.45, 2.75) is 38.3 Å². The SMILES string of the molecule is CNC1CCCN(CCCCn2ccnc2)C1=O. The van der Waals surface area contributed by atoms with Crippen LogP contribution in [-0.2, 0) is 11.3 Å². The van der Waals surface area contributed by atoms with Crippen molar-refractivity contribution < 1.29 is 4.79 Å². The number of amides is 1. The topological polar surface area (TPSA) is 50.2 Å². The zero-order chi connectivity index (χ0) is 12.8. The van der Waals surface area contributed by atoms with Crippen LogP contribution in [0.15, 0.2) is 18.7 Å². The molecule has 0 bridgehead atoms. The molecule has 0 spiro atoms. The van der Waals surface area contributed by atoms with E-state index < -0.39 is 0 Å². The summed E-state index contributed by atoms with van der Waals surface area (Å²) in [6, 6.07) is 0.0346. The molecule has 1 atom stereocenters. The van der Waals surface area contributed by atoms with Crippen LogP contribution >= 0.6 is 0 Å². The smallest absolute Gasteiger partial charge is 0.239 e. The molecular formula is C13H22N4O. The van der Waals surface area contributed by atoms with Crippen LogP contribution in [0.1, 0.15) is 25.7 Å². The molecule has 1 unspecified atom stereocenters. The summed E-state index contributed by atoms with van der Waals surface area (Å²) in [7, 11) is 1.87. The molecule has 18 heavy (non-hydrogen) atoms. The Hall–Kier alpha value is -1.36. The molecule has 5 heteroatoms. The summed E-state index contributed by atoms with van der Waals surface area (Å²) in [5.74, 6) is 0.270. The Morgan fingerprint density at radius 3 is 3.00 bits per heavy atom. The van der Waals surface area contributed by atoms with Crippen LogP contribution in [0.3, 0.4) is 0 Å². The Bertz CT molecular complexity index is 363. The standard InChI is InChI=1S/C13H22N4O/c1-14-12-5-4-9-17(13(12)18)8-3-2-7-16-10-6-15-11-16/h6,10-12,14H,2-5,7-9H2,1H3. The van der Waals surface area contributed by atoms with E-state index in [2.05, 4.69) is 14.9 Å². The Kier molecular flexibility index (Phi) is 4.75. The average Bonchev–Trinajstić information content (AvgIpc) is 2.89. The Labute approximate surface area is 108 Å². The molecule has 1 amide bonds. The highest BCUT2D eigenvalue weighted by molar-refractivity contribution is 5.82. The predicted molar refractivity (Wildman–Crippen MR) is 70.1 cm³/mol. The van der Waals surface area contributed by atoms with Gasteiger partial charge in [-0.25, -0.2) is 4.98 Å². The molecule has 2 rings (SSSR count). The lowest BCUT2D eigenvalue weighted by Gasteiger charge is -2.32. The van der Waals surface area contributed by atoms with Crippen molar-refractivity contribution >= 4 is 5.91 Å². The van der Waals surface area contributed by atoms with Crippen LogP contribution in [0.2, 0.25) is 0 Å². The van der Waals surface area contributed by atoms with E-state index in [9.17, 15) is 4.79 Å². The van der Waals surface area contributed by atoms with Gasteiger partial charge in [-0.2, -0.15) is 0 Å². The maximum absolute atomic E-state index is 12.0. The van der Waals surface area contributed by atoms with Crippen molar-refractivity contribution in [2.75, 3.05) is 20.1 Å². The minimum absolute atomic E-state index is 0.0346. The fraction of sp³-hybridized carbons (Fsp3) is 0.692. The number of piperidine rings is 1. The van der Waals surface area contributed by atoms with E-state index in [0.717, 1.165) is 45.3 Å². The highest BCUT2D eigenvalue weighted by atomic mass is 16.2. The Balaban J connectivity index is 1.68. The molecule has 1 aliphatic heterocycles. The molecule has 2 heterocycles. The van der Waals surface area contributed by atoms with Crippen LogP contribution in [0.5, 0.6) is 0 Å². The van der Waals surface area contributed by atoms with Crippen molar-refractivity contribution in [1.82, 2.24) is 19.8 Å². The van der Waals surface area contributed by atoms with Gasteiger partial charge in [0.1, 0.15) is 0 Å². The monoisotopic (exact) mass is 250 g/mol. The number of aryl methyl sites for hydroxylation is 1. The van der Waals surface area contributed by atoms with Gasteiger partial charge < -0.3 is 14.8 Å². The summed E-state index contributed by atoms with van der Waals surface area (Å²) >= 11 is 0. The van der Waals surface area contributed by atoms with Crippen LogP contribution in [-0.4, -0.2) is 46.5 Å². The third-order valence-corrected chi connectivity index (χ3v) is 3.53.